The summed E-state index contributed by atoms with van der Waals surface area (Å²) in [4.78, 5) is 15.6. The van der Waals surface area contributed by atoms with Gasteiger partial charge in [0.05, 0.1) is 5.56 Å². The summed E-state index contributed by atoms with van der Waals surface area (Å²) in [5.74, 6) is 1.77. The maximum Gasteiger partial charge on any atom is 0.252 e. The normalized spacial score (nSPS) is 9.88. The van der Waals surface area contributed by atoms with E-state index in [0.29, 0.717) is 12.1 Å². The Balaban J connectivity index is 2.50. The fourth-order valence-corrected chi connectivity index (χ4v) is 1.48. The van der Waals surface area contributed by atoms with Crippen molar-refractivity contribution < 1.29 is 4.79 Å². The lowest BCUT2D eigenvalue weighted by atomic mass is 10.2. The fraction of sp³-hybridized carbons (Fsp3) is 0.455. The van der Waals surface area contributed by atoms with Gasteiger partial charge in [-0.15, -0.1) is 0 Å². The summed E-state index contributed by atoms with van der Waals surface area (Å²) < 4.78 is 0. The quantitative estimate of drug-likeness (QED) is 0.740. The highest BCUT2D eigenvalue weighted by Crippen LogP contribution is 2.05. The first kappa shape index (κ1) is 12.8. The van der Waals surface area contributed by atoms with E-state index >= 15 is 0 Å². The van der Waals surface area contributed by atoms with E-state index in [1.165, 1.54) is 0 Å². The molecule has 88 valence electrons. The maximum absolute atomic E-state index is 11.4. The Morgan fingerprint density at radius 1 is 1.50 bits per heavy atom. The molecule has 0 aliphatic carbocycles. The zero-order chi connectivity index (χ0) is 11.8. The molecule has 1 heterocycles. The topological polar surface area (TPSA) is 54.0 Å². The molecule has 0 aliphatic rings. The van der Waals surface area contributed by atoms with Crippen LogP contribution in [0.5, 0.6) is 0 Å². The number of hydrogen-bond donors (Lipinski definition) is 2. The molecule has 0 unspecified atom stereocenters. The van der Waals surface area contributed by atoms with Gasteiger partial charge in [0.15, 0.2) is 0 Å². The van der Waals surface area contributed by atoms with Crippen molar-refractivity contribution in [3.63, 3.8) is 0 Å². The standard InChI is InChI=1S/C11H17N3OS/c1-3-12-11(15)9-4-5-10(14-8-9)13-6-7-16-2/h4-5,8H,3,6-7H2,1-2H3,(H,12,15)(H,13,14). The van der Waals surface area contributed by atoms with E-state index in [2.05, 4.69) is 21.9 Å². The number of hydrogen-bond acceptors (Lipinski definition) is 4. The first-order valence-corrected chi connectivity index (χ1v) is 6.64. The van der Waals surface area contributed by atoms with Crippen LogP contribution in [-0.4, -0.2) is 36.0 Å². The minimum Gasteiger partial charge on any atom is -0.369 e. The molecule has 0 bridgehead atoms. The molecule has 0 saturated carbocycles. The molecule has 0 spiro atoms. The van der Waals surface area contributed by atoms with Crippen LogP contribution >= 0.6 is 11.8 Å². The summed E-state index contributed by atoms with van der Waals surface area (Å²) in [6, 6.07) is 3.60. The highest BCUT2D eigenvalue weighted by atomic mass is 32.2. The van der Waals surface area contributed by atoms with Gasteiger partial charge in [0, 0.05) is 25.0 Å². The van der Waals surface area contributed by atoms with E-state index in [1.807, 2.05) is 13.0 Å². The molecular formula is C11H17N3OS. The molecule has 0 atom stereocenters. The molecule has 5 heteroatoms. The minimum atomic E-state index is -0.0781. The molecule has 2 N–H and O–H groups in total. The number of aromatic nitrogens is 1. The number of nitrogens with zero attached hydrogens (tertiary/aromatic N) is 1. The number of nitrogens with one attached hydrogen (secondary N) is 2. The fourth-order valence-electron chi connectivity index (χ4n) is 1.18. The Kier molecular flexibility index (Phi) is 5.71. The van der Waals surface area contributed by atoms with Crippen LogP contribution in [0.4, 0.5) is 5.82 Å². The maximum atomic E-state index is 11.4. The second kappa shape index (κ2) is 7.11. The van der Waals surface area contributed by atoms with Gasteiger partial charge in [-0.1, -0.05) is 0 Å². The van der Waals surface area contributed by atoms with Crippen LogP contribution in [-0.2, 0) is 0 Å². The van der Waals surface area contributed by atoms with Gasteiger partial charge in [-0.3, -0.25) is 4.79 Å². The second-order valence-electron chi connectivity index (χ2n) is 3.21. The Labute approximate surface area is 100 Å². The third-order valence-corrected chi connectivity index (χ3v) is 2.59. The average molecular weight is 239 g/mol. The van der Waals surface area contributed by atoms with Crippen molar-refractivity contribution in [2.24, 2.45) is 0 Å². The molecule has 0 saturated heterocycles. The third-order valence-electron chi connectivity index (χ3n) is 1.98. The van der Waals surface area contributed by atoms with Crippen molar-refractivity contribution in [1.29, 1.82) is 0 Å². The summed E-state index contributed by atoms with van der Waals surface area (Å²) >= 11 is 1.78. The molecule has 0 fully saturated rings. The Hall–Kier alpha value is -1.23. The van der Waals surface area contributed by atoms with Gasteiger partial charge in [-0.25, -0.2) is 4.98 Å². The van der Waals surface area contributed by atoms with E-state index in [9.17, 15) is 4.79 Å². The lowest BCUT2D eigenvalue weighted by Gasteiger charge is -2.05. The summed E-state index contributed by atoms with van der Waals surface area (Å²) in [5, 5.41) is 5.91. The molecule has 1 aromatic heterocycles. The van der Waals surface area contributed by atoms with Crippen molar-refractivity contribution in [3.05, 3.63) is 23.9 Å². The molecule has 16 heavy (non-hydrogen) atoms. The second-order valence-corrected chi connectivity index (χ2v) is 4.20. The molecule has 1 aromatic rings. The number of thioether (sulfide) groups is 1. The highest BCUT2D eigenvalue weighted by Gasteiger charge is 2.03. The molecule has 4 nitrogen and oxygen atoms in total. The number of pyridine rings is 1. The van der Waals surface area contributed by atoms with E-state index < -0.39 is 0 Å². The van der Waals surface area contributed by atoms with E-state index in [0.717, 1.165) is 18.1 Å². The van der Waals surface area contributed by atoms with Gasteiger partial charge in [-0.2, -0.15) is 11.8 Å². The van der Waals surface area contributed by atoms with Gasteiger partial charge in [0.25, 0.3) is 5.91 Å². The number of carbonyl (C=O) groups excluding carboxylic acids is 1. The lowest BCUT2D eigenvalue weighted by Crippen LogP contribution is -2.22. The highest BCUT2D eigenvalue weighted by molar-refractivity contribution is 7.98. The first-order valence-electron chi connectivity index (χ1n) is 5.25. The molecule has 1 amide bonds. The molecule has 1 rings (SSSR count). The zero-order valence-corrected chi connectivity index (χ0v) is 10.4. The third kappa shape index (κ3) is 4.10. The van der Waals surface area contributed by atoms with Crippen LogP contribution in [0.1, 0.15) is 17.3 Å². The van der Waals surface area contributed by atoms with Crippen LogP contribution < -0.4 is 10.6 Å². The predicted molar refractivity (Wildman–Crippen MR) is 69.1 cm³/mol. The minimum absolute atomic E-state index is 0.0781. The monoisotopic (exact) mass is 239 g/mol. The van der Waals surface area contributed by atoms with Gasteiger partial charge in [0.1, 0.15) is 5.82 Å². The van der Waals surface area contributed by atoms with Crippen molar-refractivity contribution in [3.8, 4) is 0 Å². The van der Waals surface area contributed by atoms with Crippen molar-refractivity contribution in [2.75, 3.05) is 30.4 Å². The van der Waals surface area contributed by atoms with Crippen LogP contribution in [0.15, 0.2) is 18.3 Å². The Morgan fingerprint density at radius 3 is 2.88 bits per heavy atom. The van der Waals surface area contributed by atoms with E-state index in [4.69, 9.17) is 0 Å². The van der Waals surface area contributed by atoms with Crippen LogP contribution in [0.2, 0.25) is 0 Å². The summed E-state index contributed by atoms with van der Waals surface area (Å²) in [6.45, 7) is 3.41. The van der Waals surface area contributed by atoms with Crippen LogP contribution in [0.25, 0.3) is 0 Å². The van der Waals surface area contributed by atoms with Gasteiger partial charge >= 0.3 is 0 Å². The molecule has 0 aromatic carbocycles. The van der Waals surface area contributed by atoms with Crippen LogP contribution in [0.3, 0.4) is 0 Å². The SMILES string of the molecule is CCNC(=O)c1ccc(NCCSC)nc1. The molecule has 0 aliphatic heterocycles. The Bertz CT molecular complexity index is 327. The number of rotatable bonds is 6. The summed E-state index contributed by atoms with van der Waals surface area (Å²) in [5.41, 5.74) is 0.595. The summed E-state index contributed by atoms with van der Waals surface area (Å²) in [6.07, 6.45) is 3.65. The average Bonchev–Trinajstić information content (AvgIpc) is 2.30. The van der Waals surface area contributed by atoms with Crippen molar-refractivity contribution >= 4 is 23.5 Å². The number of amides is 1. The zero-order valence-electron chi connectivity index (χ0n) is 9.62. The number of carbonyl (C=O) groups is 1. The van der Waals surface area contributed by atoms with E-state index in [-0.39, 0.29) is 5.91 Å². The molecule has 0 radical (unpaired) electrons. The van der Waals surface area contributed by atoms with Crippen molar-refractivity contribution in [2.45, 2.75) is 6.92 Å². The van der Waals surface area contributed by atoms with Gasteiger partial charge in [-0.05, 0) is 25.3 Å². The van der Waals surface area contributed by atoms with E-state index in [1.54, 1.807) is 24.0 Å². The van der Waals surface area contributed by atoms with Crippen molar-refractivity contribution in [1.82, 2.24) is 10.3 Å². The smallest absolute Gasteiger partial charge is 0.252 e. The lowest BCUT2D eigenvalue weighted by molar-refractivity contribution is 0.0955. The predicted octanol–water partition coefficient (Wildman–Crippen LogP) is 1.61. The first-order chi connectivity index (χ1) is 7.77. The number of anilines is 1. The van der Waals surface area contributed by atoms with Gasteiger partial charge in [0.2, 0.25) is 0 Å². The van der Waals surface area contributed by atoms with Gasteiger partial charge < -0.3 is 10.6 Å². The van der Waals surface area contributed by atoms with Crippen LogP contribution in [0, 0.1) is 0 Å². The largest absolute Gasteiger partial charge is 0.369 e. The Morgan fingerprint density at radius 2 is 2.31 bits per heavy atom. The summed E-state index contributed by atoms with van der Waals surface area (Å²) in [7, 11) is 0. The molecular weight excluding hydrogens is 222 g/mol.